The summed E-state index contributed by atoms with van der Waals surface area (Å²) in [5.41, 5.74) is 2.34. The summed E-state index contributed by atoms with van der Waals surface area (Å²) in [6.45, 7) is 6.54. The van der Waals surface area contributed by atoms with Gasteiger partial charge < -0.3 is 14.4 Å². The second kappa shape index (κ2) is 5.82. The van der Waals surface area contributed by atoms with E-state index in [4.69, 9.17) is 4.74 Å². The number of hydrogen-bond acceptors (Lipinski definition) is 4. The Balaban J connectivity index is 2.18. The molecule has 0 bridgehead atoms. The molecule has 0 atom stereocenters. The van der Waals surface area contributed by atoms with E-state index in [1.807, 2.05) is 30.3 Å². The van der Waals surface area contributed by atoms with Crippen molar-refractivity contribution in [2.45, 2.75) is 33.7 Å². The summed E-state index contributed by atoms with van der Waals surface area (Å²) in [6, 6.07) is 9.43. The van der Waals surface area contributed by atoms with Crippen molar-refractivity contribution in [2.75, 3.05) is 6.61 Å². The lowest BCUT2D eigenvalue weighted by atomic mass is 9.89. The minimum absolute atomic E-state index is 0.0351. The molecule has 2 heterocycles. The Kier molecular flexibility index (Phi) is 3.95. The highest BCUT2D eigenvalue weighted by Crippen LogP contribution is 2.46. The van der Waals surface area contributed by atoms with Crippen LogP contribution in [-0.2, 0) is 22.5 Å². The van der Waals surface area contributed by atoms with Crippen LogP contribution in [0.2, 0.25) is 0 Å². The van der Waals surface area contributed by atoms with E-state index < -0.39 is 11.8 Å². The van der Waals surface area contributed by atoms with Gasteiger partial charge in [-0.2, -0.15) is 0 Å². The highest BCUT2D eigenvalue weighted by Gasteiger charge is 2.39. The fourth-order valence-corrected chi connectivity index (χ4v) is 3.38. The number of rotatable bonds is 4. The molecule has 1 aromatic heterocycles. The second-order valence-corrected chi connectivity index (χ2v) is 6.86. The van der Waals surface area contributed by atoms with Gasteiger partial charge in [0.25, 0.3) is 5.78 Å². The molecule has 0 unspecified atom stereocenters. The number of carbonyl (C=O) groups is 2. The first kappa shape index (κ1) is 16.3. The number of benzene rings is 1. The number of fused-ring (bicyclic) bond motifs is 1. The quantitative estimate of drug-likeness (QED) is 0.532. The SMILES string of the molecule is CCOC(=O)C(=O)c1c(O)c(-c2ccccc2)c2n1CC(C)(C)C2. The first-order valence-corrected chi connectivity index (χ1v) is 8.07. The zero-order valence-electron chi connectivity index (χ0n) is 14.1. The van der Waals surface area contributed by atoms with Crippen LogP contribution in [0.1, 0.15) is 37.0 Å². The van der Waals surface area contributed by atoms with Gasteiger partial charge in [-0.3, -0.25) is 4.79 Å². The molecule has 0 aliphatic carbocycles. The van der Waals surface area contributed by atoms with Crippen LogP contribution in [0.5, 0.6) is 5.75 Å². The molecule has 5 heteroatoms. The van der Waals surface area contributed by atoms with Crippen molar-refractivity contribution < 1.29 is 19.4 Å². The first-order valence-electron chi connectivity index (χ1n) is 8.07. The van der Waals surface area contributed by atoms with Crippen molar-refractivity contribution >= 4 is 11.8 Å². The van der Waals surface area contributed by atoms with E-state index in [0.717, 1.165) is 17.7 Å². The summed E-state index contributed by atoms with van der Waals surface area (Å²) in [5.74, 6) is -1.86. The van der Waals surface area contributed by atoms with Crippen molar-refractivity contribution in [1.29, 1.82) is 0 Å². The fraction of sp³-hybridized carbons (Fsp3) is 0.368. The summed E-state index contributed by atoms with van der Waals surface area (Å²) in [6.07, 6.45) is 0.723. The Hall–Kier alpha value is -2.56. The summed E-state index contributed by atoms with van der Waals surface area (Å²) < 4.78 is 6.60. The average molecular weight is 327 g/mol. The summed E-state index contributed by atoms with van der Waals surface area (Å²) >= 11 is 0. The number of nitrogens with zero attached hydrogens (tertiary/aromatic N) is 1. The van der Waals surface area contributed by atoms with Gasteiger partial charge in [0.15, 0.2) is 5.75 Å². The third-order valence-electron chi connectivity index (χ3n) is 4.32. The minimum Gasteiger partial charge on any atom is -0.505 e. The lowest BCUT2D eigenvalue weighted by Crippen LogP contribution is -2.22. The maximum atomic E-state index is 12.5. The third-order valence-corrected chi connectivity index (χ3v) is 4.32. The van der Waals surface area contributed by atoms with Crippen LogP contribution >= 0.6 is 0 Å². The smallest absolute Gasteiger partial charge is 0.381 e. The molecule has 1 aromatic carbocycles. The molecule has 0 saturated heterocycles. The molecule has 0 spiro atoms. The second-order valence-electron chi connectivity index (χ2n) is 6.86. The molecule has 3 rings (SSSR count). The van der Waals surface area contributed by atoms with Crippen LogP contribution < -0.4 is 0 Å². The number of Topliss-reactive ketones (excluding diaryl/α,β-unsaturated/α-hetero) is 1. The highest BCUT2D eigenvalue weighted by molar-refractivity contribution is 6.41. The molecule has 126 valence electrons. The normalized spacial score (nSPS) is 15.1. The molecule has 1 aliphatic rings. The van der Waals surface area contributed by atoms with Crippen molar-refractivity contribution in [2.24, 2.45) is 5.41 Å². The number of aromatic nitrogens is 1. The zero-order chi connectivity index (χ0) is 17.5. The third kappa shape index (κ3) is 2.60. The minimum atomic E-state index is -0.933. The van der Waals surface area contributed by atoms with E-state index >= 15 is 0 Å². The fourth-order valence-electron chi connectivity index (χ4n) is 3.38. The molecule has 0 amide bonds. The predicted octanol–water partition coefficient (Wildman–Crippen LogP) is 3.19. The van der Waals surface area contributed by atoms with E-state index in [-0.39, 0.29) is 23.5 Å². The largest absolute Gasteiger partial charge is 0.505 e. The Morgan fingerprint density at radius 1 is 1.25 bits per heavy atom. The number of ether oxygens (including phenoxy) is 1. The summed E-state index contributed by atoms with van der Waals surface area (Å²) in [4.78, 5) is 24.4. The zero-order valence-corrected chi connectivity index (χ0v) is 14.1. The topological polar surface area (TPSA) is 68.5 Å². The van der Waals surface area contributed by atoms with E-state index in [1.54, 1.807) is 11.5 Å². The van der Waals surface area contributed by atoms with E-state index in [9.17, 15) is 14.7 Å². The van der Waals surface area contributed by atoms with Crippen LogP contribution in [0.25, 0.3) is 11.1 Å². The van der Waals surface area contributed by atoms with Gasteiger partial charge in [-0.05, 0) is 24.3 Å². The van der Waals surface area contributed by atoms with Crippen LogP contribution in [0.3, 0.4) is 0 Å². The Morgan fingerprint density at radius 3 is 2.54 bits per heavy atom. The summed E-state index contributed by atoms with van der Waals surface area (Å²) in [5, 5.41) is 10.7. The Bertz CT molecular complexity index is 803. The van der Waals surface area contributed by atoms with E-state index in [2.05, 4.69) is 13.8 Å². The van der Waals surface area contributed by atoms with Gasteiger partial charge in [0.2, 0.25) is 0 Å². The van der Waals surface area contributed by atoms with Crippen LogP contribution in [0.15, 0.2) is 30.3 Å². The molecular weight excluding hydrogens is 306 g/mol. The van der Waals surface area contributed by atoms with Gasteiger partial charge in [0.1, 0.15) is 5.69 Å². The molecule has 0 radical (unpaired) electrons. The van der Waals surface area contributed by atoms with Crippen molar-refractivity contribution in [3.63, 3.8) is 0 Å². The van der Waals surface area contributed by atoms with E-state index in [1.165, 1.54) is 0 Å². The lowest BCUT2D eigenvalue weighted by molar-refractivity contribution is -0.137. The molecule has 5 nitrogen and oxygen atoms in total. The number of aromatic hydroxyl groups is 1. The van der Waals surface area contributed by atoms with Crippen LogP contribution in [-0.4, -0.2) is 28.0 Å². The lowest BCUT2D eigenvalue weighted by Gasteiger charge is -2.17. The van der Waals surface area contributed by atoms with Gasteiger partial charge in [-0.25, -0.2) is 4.79 Å². The molecule has 2 aromatic rings. The van der Waals surface area contributed by atoms with Crippen molar-refractivity contribution in [3.05, 3.63) is 41.7 Å². The number of carbonyl (C=O) groups excluding carboxylic acids is 2. The average Bonchev–Trinajstić information content (AvgIpc) is 2.96. The van der Waals surface area contributed by atoms with Gasteiger partial charge in [0, 0.05) is 17.8 Å². The van der Waals surface area contributed by atoms with Gasteiger partial charge in [0.05, 0.1) is 6.61 Å². The van der Waals surface area contributed by atoms with Crippen molar-refractivity contribution in [1.82, 2.24) is 4.57 Å². The predicted molar refractivity (Wildman–Crippen MR) is 90.0 cm³/mol. The highest BCUT2D eigenvalue weighted by atomic mass is 16.5. The van der Waals surface area contributed by atoms with Crippen molar-refractivity contribution in [3.8, 4) is 16.9 Å². The molecule has 1 N–H and O–H groups in total. The molecule has 24 heavy (non-hydrogen) atoms. The molecule has 1 aliphatic heterocycles. The number of esters is 1. The van der Waals surface area contributed by atoms with Gasteiger partial charge in [-0.1, -0.05) is 44.2 Å². The monoisotopic (exact) mass is 327 g/mol. The van der Waals surface area contributed by atoms with Crippen LogP contribution in [0, 0.1) is 5.41 Å². The standard InChI is InChI=1S/C19H21NO4/c1-4-24-18(23)17(22)15-16(21)14(12-8-6-5-7-9-12)13-10-19(2,3)11-20(13)15/h5-9,21H,4,10-11H2,1-3H3. The molecule has 0 saturated carbocycles. The first-order chi connectivity index (χ1) is 11.4. The number of ketones is 1. The number of hydrogen-bond donors (Lipinski definition) is 1. The van der Waals surface area contributed by atoms with Gasteiger partial charge in [-0.15, -0.1) is 0 Å². The Labute approximate surface area is 140 Å². The van der Waals surface area contributed by atoms with E-state index in [0.29, 0.717) is 12.1 Å². The van der Waals surface area contributed by atoms with Gasteiger partial charge >= 0.3 is 5.97 Å². The molecular formula is C19H21NO4. The Morgan fingerprint density at radius 2 is 1.92 bits per heavy atom. The maximum absolute atomic E-state index is 12.5. The van der Waals surface area contributed by atoms with Crippen LogP contribution in [0.4, 0.5) is 0 Å². The molecule has 0 fully saturated rings. The summed E-state index contributed by atoms with van der Waals surface area (Å²) in [7, 11) is 0. The maximum Gasteiger partial charge on any atom is 0.381 e.